The van der Waals surface area contributed by atoms with Crippen LogP contribution in [0.3, 0.4) is 0 Å². The molecule has 154 valence electrons. The van der Waals surface area contributed by atoms with Crippen LogP contribution in [0.1, 0.15) is 11.1 Å². The summed E-state index contributed by atoms with van der Waals surface area (Å²) in [5.74, 6) is 0.738. The number of aryl methyl sites for hydroxylation is 2. The van der Waals surface area contributed by atoms with Gasteiger partial charge in [0.15, 0.2) is 5.82 Å². The second-order valence-corrected chi connectivity index (χ2v) is 8.14. The van der Waals surface area contributed by atoms with Crippen LogP contribution in [0.25, 0.3) is 45.0 Å². The molecule has 1 aromatic heterocycles. The van der Waals surface area contributed by atoms with Gasteiger partial charge in [0.1, 0.15) is 0 Å². The summed E-state index contributed by atoms with van der Waals surface area (Å²) in [6.07, 6.45) is 0. The van der Waals surface area contributed by atoms with E-state index in [1.165, 1.54) is 22.3 Å². The number of rotatable bonds is 4. The Morgan fingerprint density at radius 1 is 0.406 bits per heavy atom. The van der Waals surface area contributed by atoms with Gasteiger partial charge in [0.2, 0.25) is 0 Å². The summed E-state index contributed by atoms with van der Waals surface area (Å²) in [5.41, 5.74) is 9.94. The van der Waals surface area contributed by atoms with Gasteiger partial charge in [-0.25, -0.2) is 9.97 Å². The monoisotopic (exact) mass is 412 g/mol. The van der Waals surface area contributed by atoms with Gasteiger partial charge in [-0.2, -0.15) is 0 Å². The van der Waals surface area contributed by atoms with E-state index in [0.29, 0.717) is 0 Å². The Bertz CT molecular complexity index is 1350. The average molecular weight is 413 g/mol. The first-order chi connectivity index (χ1) is 15.7. The van der Waals surface area contributed by atoms with Crippen LogP contribution in [0.4, 0.5) is 0 Å². The molecule has 0 amide bonds. The first-order valence-corrected chi connectivity index (χ1v) is 10.8. The molecule has 0 saturated heterocycles. The molecule has 0 aliphatic rings. The van der Waals surface area contributed by atoms with Crippen molar-refractivity contribution in [1.29, 1.82) is 0 Å². The molecule has 0 N–H and O–H groups in total. The zero-order valence-corrected chi connectivity index (χ0v) is 18.3. The number of hydrogen-bond donors (Lipinski definition) is 0. The molecular weight excluding hydrogens is 388 g/mol. The lowest BCUT2D eigenvalue weighted by Gasteiger charge is -2.10. The van der Waals surface area contributed by atoms with E-state index in [1.807, 2.05) is 18.2 Å². The van der Waals surface area contributed by atoms with Gasteiger partial charge in [-0.05, 0) is 37.1 Å². The van der Waals surface area contributed by atoms with E-state index in [9.17, 15) is 0 Å². The van der Waals surface area contributed by atoms with Gasteiger partial charge in [0.05, 0.1) is 11.4 Å². The van der Waals surface area contributed by atoms with E-state index in [2.05, 4.69) is 105 Å². The van der Waals surface area contributed by atoms with Crippen molar-refractivity contribution < 1.29 is 0 Å². The summed E-state index contributed by atoms with van der Waals surface area (Å²) in [6, 6.07) is 37.9. The molecule has 2 nitrogen and oxygen atoms in total. The lowest BCUT2D eigenvalue weighted by Crippen LogP contribution is -1.96. The number of benzene rings is 4. The topological polar surface area (TPSA) is 25.8 Å². The summed E-state index contributed by atoms with van der Waals surface area (Å²) in [6.45, 7) is 4.21. The van der Waals surface area contributed by atoms with Crippen LogP contribution in [-0.4, -0.2) is 9.97 Å². The van der Waals surface area contributed by atoms with Gasteiger partial charge in [0, 0.05) is 16.7 Å². The number of hydrogen-bond acceptors (Lipinski definition) is 2. The molecule has 0 bridgehead atoms. The molecule has 5 aromatic rings. The van der Waals surface area contributed by atoms with E-state index in [0.717, 1.165) is 33.9 Å². The molecule has 2 heteroatoms. The lowest BCUT2D eigenvalue weighted by atomic mass is 10.0. The third-order valence-corrected chi connectivity index (χ3v) is 5.64. The number of aromatic nitrogens is 2. The summed E-state index contributed by atoms with van der Waals surface area (Å²) in [5, 5.41) is 0. The Hall–Kier alpha value is -4.04. The Balaban J connectivity index is 1.59. The van der Waals surface area contributed by atoms with Gasteiger partial charge in [0.25, 0.3) is 0 Å². The van der Waals surface area contributed by atoms with Gasteiger partial charge >= 0.3 is 0 Å². The predicted octanol–water partition coefficient (Wildman–Crippen LogP) is 7.76. The second-order valence-electron chi connectivity index (χ2n) is 8.14. The molecule has 32 heavy (non-hydrogen) atoms. The minimum Gasteiger partial charge on any atom is -0.228 e. The van der Waals surface area contributed by atoms with Gasteiger partial charge < -0.3 is 0 Å². The Labute approximate surface area is 189 Å². The van der Waals surface area contributed by atoms with Crippen molar-refractivity contribution in [2.24, 2.45) is 0 Å². The quantitative estimate of drug-likeness (QED) is 0.301. The predicted molar refractivity (Wildman–Crippen MR) is 133 cm³/mol. The second kappa shape index (κ2) is 8.60. The third kappa shape index (κ3) is 4.21. The molecule has 0 aliphatic carbocycles. The summed E-state index contributed by atoms with van der Waals surface area (Å²) < 4.78 is 0. The van der Waals surface area contributed by atoms with Crippen LogP contribution in [0, 0.1) is 13.8 Å². The molecular formula is C30H24N2. The minimum absolute atomic E-state index is 0.738. The van der Waals surface area contributed by atoms with Crippen molar-refractivity contribution in [3.8, 4) is 45.0 Å². The van der Waals surface area contributed by atoms with Gasteiger partial charge in [-0.15, -0.1) is 0 Å². The van der Waals surface area contributed by atoms with E-state index in [-0.39, 0.29) is 0 Å². The maximum atomic E-state index is 4.92. The maximum absolute atomic E-state index is 4.92. The largest absolute Gasteiger partial charge is 0.228 e. The van der Waals surface area contributed by atoms with Crippen LogP contribution in [0.15, 0.2) is 109 Å². The third-order valence-electron chi connectivity index (χ3n) is 5.64. The molecule has 0 fully saturated rings. The molecule has 0 unspecified atom stereocenters. The van der Waals surface area contributed by atoms with Crippen LogP contribution in [0.5, 0.6) is 0 Å². The van der Waals surface area contributed by atoms with E-state index in [4.69, 9.17) is 9.97 Å². The highest BCUT2D eigenvalue weighted by Gasteiger charge is 2.11. The summed E-state index contributed by atoms with van der Waals surface area (Å²) in [7, 11) is 0. The summed E-state index contributed by atoms with van der Waals surface area (Å²) in [4.78, 5) is 9.83. The van der Waals surface area contributed by atoms with Crippen molar-refractivity contribution in [3.05, 3.63) is 120 Å². The molecule has 0 radical (unpaired) electrons. The lowest BCUT2D eigenvalue weighted by molar-refractivity contribution is 1.18. The zero-order chi connectivity index (χ0) is 21.9. The highest BCUT2D eigenvalue weighted by molar-refractivity contribution is 5.74. The fraction of sp³-hybridized carbons (Fsp3) is 0.0667. The fourth-order valence-electron chi connectivity index (χ4n) is 3.84. The van der Waals surface area contributed by atoms with Crippen molar-refractivity contribution in [1.82, 2.24) is 9.97 Å². The molecule has 4 aromatic carbocycles. The van der Waals surface area contributed by atoms with E-state index >= 15 is 0 Å². The van der Waals surface area contributed by atoms with Crippen LogP contribution >= 0.6 is 0 Å². The fourth-order valence-corrected chi connectivity index (χ4v) is 3.84. The Morgan fingerprint density at radius 2 is 0.969 bits per heavy atom. The van der Waals surface area contributed by atoms with Gasteiger partial charge in [-0.1, -0.05) is 108 Å². The molecule has 0 saturated carbocycles. The molecule has 0 spiro atoms. The maximum Gasteiger partial charge on any atom is 0.160 e. The molecule has 5 rings (SSSR count). The smallest absolute Gasteiger partial charge is 0.160 e. The standard InChI is InChI=1S/C30H24N2/c1-21-11-13-23(14-12-21)24-15-17-25(18-16-24)28-20-29(27-10-6-7-22(2)19-27)32-30(31-28)26-8-4-3-5-9-26/h3-20H,1-2H3. The first-order valence-electron chi connectivity index (χ1n) is 10.8. The van der Waals surface area contributed by atoms with E-state index < -0.39 is 0 Å². The first kappa shape index (κ1) is 19.9. The molecule has 1 heterocycles. The molecule has 0 atom stereocenters. The van der Waals surface area contributed by atoms with Crippen molar-refractivity contribution in [3.63, 3.8) is 0 Å². The van der Waals surface area contributed by atoms with E-state index in [1.54, 1.807) is 0 Å². The average Bonchev–Trinajstić information content (AvgIpc) is 2.85. The highest BCUT2D eigenvalue weighted by Crippen LogP contribution is 2.29. The van der Waals surface area contributed by atoms with Crippen molar-refractivity contribution in [2.75, 3.05) is 0 Å². The zero-order valence-electron chi connectivity index (χ0n) is 18.3. The van der Waals surface area contributed by atoms with Crippen molar-refractivity contribution in [2.45, 2.75) is 13.8 Å². The minimum atomic E-state index is 0.738. The Morgan fingerprint density at radius 3 is 1.62 bits per heavy atom. The SMILES string of the molecule is Cc1ccc(-c2ccc(-c3cc(-c4cccc(C)c4)nc(-c4ccccc4)n3)cc2)cc1. The van der Waals surface area contributed by atoms with Crippen molar-refractivity contribution >= 4 is 0 Å². The summed E-state index contributed by atoms with van der Waals surface area (Å²) >= 11 is 0. The van der Waals surface area contributed by atoms with Gasteiger partial charge in [-0.3, -0.25) is 0 Å². The Kier molecular flexibility index (Phi) is 5.35. The highest BCUT2D eigenvalue weighted by atomic mass is 14.9. The van der Waals surface area contributed by atoms with Crippen LogP contribution in [0.2, 0.25) is 0 Å². The number of nitrogens with zero attached hydrogens (tertiary/aromatic N) is 2. The van der Waals surface area contributed by atoms with Crippen LogP contribution < -0.4 is 0 Å². The normalized spacial score (nSPS) is 10.8. The molecule has 0 aliphatic heterocycles. The van der Waals surface area contributed by atoms with Crippen LogP contribution in [-0.2, 0) is 0 Å².